The Morgan fingerprint density at radius 1 is 1.25 bits per heavy atom. The molecule has 0 amide bonds. The van der Waals surface area contributed by atoms with Crippen LogP contribution < -0.4 is 9.46 Å². The van der Waals surface area contributed by atoms with Crippen molar-refractivity contribution in [2.45, 2.75) is 20.4 Å². The molecule has 152 valence electrons. The molecule has 1 aromatic carbocycles. The molecule has 1 aliphatic heterocycles. The van der Waals surface area contributed by atoms with Gasteiger partial charge in [0.05, 0.1) is 22.8 Å². The lowest BCUT2D eigenvalue weighted by molar-refractivity contribution is 0.334. The molecule has 0 saturated carbocycles. The van der Waals surface area contributed by atoms with Crippen LogP contribution in [0.15, 0.2) is 59.5 Å². The van der Waals surface area contributed by atoms with E-state index in [4.69, 9.17) is 27.9 Å². The smallest absolute Gasteiger partial charge is 0.209 e. The van der Waals surface area contributed by atoms with Crippen LogP contribution in [0.4, 0.5) is 0 Å². The number of nitrogens with zero attached hydrogens (tertiary/aromatic N) is 1. The predicted octanol–water partition coefficient (Wildman–Crippen LogP) is 4.66. The van der Waals surface area contributed by atoms with Crippen LogP contribution in [-0.4, -0.2) is 33.2 Å². The van der Waals surface area contributed by atoms with Gasteiger partial charge in [-0.3, -0.25) is 0 Å². The Kier molecular flexibility index (Phi) is 7.78. The highest BCUT2D eigenvalue weighted by atomic mass is 35.5. The molecular formula is C20H24Cl2N2O3S. The first kappa shape index (κ1) is 22.6. The van der Waals surface area contributed by atoms with E-state index in [1.54, 1.807) is 12.1 Å². The van der Waals surface area contributed by atoms with Crippen LogP contribution in [-0.2, 0) is 16.6 Å². The molecule has 2 rings (SSSR count). The molecule has 0 aromatic heterocycles. The van der Waals surface area contributed by atoms with Crippen molar-refractivity contribution in [1.82, 2.24) is 9.62 Å². The third-order valence-corrected chi connectivity index (χ3v) is 5.22. The standard InChI is InChI=1S/C20H24Cl2N2O3S/c1-5-7-8-15-11-16(13-24(3)19(15)6-2)27-20-17(21)9-14(10-18(20)22)12-23-28(4,25)26/h5-11,23H,12-13H2,1-4H3/b7-5-,15-8-,19-6+. The van der Waals surface area contributed by atoms with E-state index in [-0.39, 0.29) is 6.54 Å². The molecule has 0 fully saturated rings. The zero-order chi connectivity index (χ0) is 20.9. The topological polar surface area (TPSA) is 58.6 Å². The van der Waals surface area contributed by atoms with E-state index in [0.717, 1.165) is 17.5 Å². The lowest BCUT2D eigenvalue weighted by atomic mass is 10.1. The Morgan fingerprint density at radius 3 is 2.43 bits per heavy atom. The number of allylic oxidation sites excluding steroid dienone is 5. The molecule has 1 aliphatic rings. The van der Waals surface area contributed by atoms with E-state index in [2.05, 4.69) is 9.62 Å². The molecule has 0 atom stereocenters. The Balaban J connectivity index is 2.30. The number of halogens is 2. The van der Waals surface area contributed by atoms with Crippen LogP contribution >= 0.6 is 23.2 Å². The first-order valence-electron chi connectivity index (χ1n) is 8.66. The summed E-state index contributed by atoms with van der Waals surface area (Å²) >= 11 is 12.7. The summed E-state index contributed by atoms with van der Waals surface area (Å²) in [7, 11) is -1.32. The van der Waals surface area contributed by atoms with Crippen LogP contribution in [0.25, 0.3) is 0 Å². The van der Waals surface area contributed by atoms with Gasteiger partial charge in [-0.15, -0.1) is 0 Å². The lowest BCUT2D eigenvalue weighted by Crippen LogP contribution is -2.27. The van der Waals surface area contributed by atoms with Crippen molar-refractivity contribution in [2.24, 2.45) is 0 Å². The monoisotopic (exact) mass is 442 g/mol. The molecule has 8 heteroatoms. The fourth-order valence-electron chi connectivity index (χ4n) is 2.77. The Bertz CT molecular complexity index is 941. The molecule has 0 spiro atoms. The highest BCUT2D eigenvalue weighted by Gasteiger charge is 2.20. The number of hydrogen-bond donors (Lipinski definition) is 1. The third kappa shape index (κ3) is 6.14. The minimum absolute atomic E-state index is 0.102. The quantitative estimate of drug-likeness (QED) is 0.695. The second-order valence-electron chi connectivity index (χ2n) is 6.37. The van der Waals surface area contributed by atoms with Crippen LogP contribution in [0.3, 0.4) is 0 Å². The van der Waals surface area contributed by atoms with Crippen molar-refractivity contribution < 1.29 is 13.2 Å². The SMILES string of the molecule is C\C=C/C=C1/C=C(Oc2c(Cl)cc(CNS(C)(=O)=O)cc2Cl)CN(C)/C1=C/C. The van der Waals surface area contributed by atoms with Gasteiger partial charge < -0.3 is 9.64 Å². The van der Waals surface area contributed by atoms with Gasteiger partial charge in [0, 0.05) is 24.9 Å². The fourth-order valence-corrected chi connectivity index (χ4v) is 3.81. The summed E-state index contributed by atoms with van der Waals surface area (Å²) < 4.78 is 31.0. The van der Waals surface area contributed by atoms with E-state index in [1.807, 2.05) is 51.3 Å². The summed E-state index contributed by atoms with van der Waals surface area (Å²) in [6, 6.07) is 3.28. The zero-order valence-electron chi connectivity index (χ0n) is 16.3. The first-order chi connectivity index (χ1) is 13.1. The number of likely N-dealkylation sites (N-methyl/N-ethyl adjacent to an activating group) is 1. The molecule has 0 bridgehead atoms. The van der Waals surface area contributed by atoms with E-state index >= 15 is 0 Å². The third-order valence-electron chi connectivity index (χ3n) is 3.99. The Hall–Kier alpha value is -1.73. The van der Waals surface area contributed by atoms with Gasteiger partial charge in [-0.25, -0.2) is 13.1 Å². The summed E-state index contributed by atoms with van der Waals surface area (Å²) in [6.45, 7) is 4.62. The van der Waals surface area contributed by atoms with Gasteiger partial charge >= 0.3 is 0 Å². The van der Waals surface area contributed by atoms with Gasteiger partial charge in [-0.05, 0) is 37.6 Å². The van der Waals surface area contributed by atoms with E-state index in [1.165, 1.54) is 0 Å². The molecule has 0 unspecified atom stereocenters. The van der Waals surface area contributed by atoms with Crippen molar-refractivity contribution in [1.29, 1.82) is 0 Å². The first-order valence-corrected chi connectivity index (χ1v) is 11.3. The van der Waals surface area contributed by atoms with Gasteiger partial charge in [0.1, 0.15) is 5.76 Å². The second kappa shape index (κ2) is 9.65. The van der Waals surface area contributed by atoms with E-state index in [0.29, 0.717) is 33.7 Å². The number of ether oxygens (including phenoxy) is 1. The van der Waals surface area contributed by atoms with Gasteiger partial charge in [-0.2, -0.15) is 0 Å². The Morgan fingerprint density at radius 2 is 1.89 bits per heavy atom. The van der Waals surface area contributed by atoms with Crippen LogP contribution in [0.2, 0.25) is 10.0 Å². The van der Waals surface area contributed by atoms with Gasteiger partial charge in [-0.1, -0.05) is 47.5 Å². The predicted molar refractivity (Wildman–Crippen MR) is 116 cm³/mol. The molecule has 1 N–H and O–H groups in total. The number of nitrogens with one attached hydrogen (secondary N) is 1. The van der Waals surface area contributed by atoms with Crippen molar-refractivity contribution in [3.05, 3.63) is 75.2 Å². The molecule has 0 radical (unpaired) electrons. The number of hydrogen-bond acceptors (Lipinski definition) is 4. The van der Waals surface area contributed by atoms with Gasteiger partial charge in [0.25, 0.3) is 0 Å². The highest BCUT2D eigenvalue weighted by molar-refractivity contribution is 7.88. The average Bonchev–Trinajstić information content (AvgIpc) is 2.60. The summed E-state index contributed by atoms with van der Waals surface area (Å²) in [5.74, 6) is 1.05. The zero-order valence-corrected chi connectivity index (χ0v) is 18.6. The maximum Gasteiger partial charge on any atom is 0.209 e. The fraction of sp³-hybridized carbons (Fsp3) is 0.300. The molecule has 0 saturated heterocycles. The minimum atomic E-state index is -3.31. The molecule has 5 nitrogen and oxygen atoms in total. The normalized spacial score (nSPS) is 18.2. The van der Waals surface area contributed by atoms with Crippen molar-refractivity contribution >= 4 is 33.2 Å². The lowest BCUT2D eigenvalue weighted by Gasteiger charge is -2.29. The average molecular weight is 443 g/mol. The molecule has 1 aromatic rings. The summed E-state index contributed by atoms with van der Waals surface area (Å²) in [5, 5.41) is 0.634. The van der Waals surface area contributed by atoms with Crippen molar-refractivity contribution in [3.8, 4) is 5.75 Å². The van der Waals surface area contributed by atoms with E-state index in [9.17, 15) is 8.42 Å². The van der Waals surface area contributed by atoms with Gasteiger partial charge in [0.2, 0.25) is 10.0 Å². The van der Waals surface area contributed by atoms with Crippen LogP contribution in [0, 0.1) is 0 Å². The maximum absolute atomic E-state index is 11.3. The number of sulfonamides is 1. The van der Waals surface area contributed by atoms with Crippen molar-refractivity contribution in [2.75, 3.05) is 19.8 Å². The molecular weight excluding hydrogens is 419 g/mol. The number of benzene rings is 1. The summed E-state index contributed by atoms with van der Waals surface area (Å²) in [4.78, 5) is 2.08. The molecule has 28 heavy (non-hydrogen) atoms. The summed E-state index contributed by atoms with van der Waals surface area (Å²) in [5.41, 5.74) is 2.77. The van der Waals surface area contributed by atoms with Gasteiger partial charge in [0.15, 0.2) is 5.75 Å². The molecule has 0 aliphatic carbocycles. The Labute approximate surface area is 177 Å². The largest absolute Gasteiger partial charge is 0.457 e. The molecule has 1 heterocycles. The minimum Gasteiger partial charge on any atom is -0.457 e. The van der Waals surface area contributed by atoms with E-state index < -0.39 is 10.0 Å². The maximum atomic E-state index is 11.3. The highest BCUT2D eigenvalue weighted by Crippen LogP contribution is 2.37. The van der Waals surface area contributed by atoms with Crippen LogP contribution in [0.5, 0.6) is 5.75 Å². The van der Waals surface area contributed by atoms with Crippen molar-refractivity contribution in [3.63, 3.8) is 0 Å². The summed E-state index contributed by atoms with van der Waals surface area (Å²) in [6.07, 6.45) is 11.0. The second-order valence-corrected chi connectivity index (χ2v) is 9.02. The number of rotatable bonds is 6. The van der Waals surface area contributed by atoms with Crippen LogP contribution in [0.1, 0.15) is 19.4 Å².